The van der Waals surface area contributed by atoms with Crippen molar-refractivity contribution in [1.82, 2.24) is 0 Å². The summed E-state index contributed by atoms with van der Waals surface area (Å²) >= 11 is 0. The average molecular weight is 212 g/mol. The molecule has 0 nitrogen and oxygen atoms in total. The van der Waals surface area contributed by atoms with E-state index in [1.807, 2.05) is 61.5 Å². The van der Waals surface area contributed by atoms with Gasteiger partial charge in [-0.1, -0.05) is 60.2 Å². The second kappa shape index (κ2) is 4.75. The van der Waals surface area contributed by atoms with Crippen LogP contribution in [0.2, 0.25) is 0 Å². The fourth-order valence-electron chi connectivity index (χ4n) is 1.64. The molecule has 0 bridgehead atoms. The van der Waals surface area contributed by atoms with Crippen LogP contribution in [0.1, 0.15) is 16.7 Å². The Morgan fingerprint density at radius 1 is 0.875 bits per heavy atom. The van der Waals surface area contributed by atoms with E-state index in [1.165, 1.54) is 5.56 Å². The summed E-state index contributed by atoms with van der Waals surface area (Å²) in [5, 5.41) is 0. The molecule has 0 amide bonds. The molecule has 2 rings (SSSR count). The summed E-state index contributed by atoms with van der Waals surface area (Å²) in [7, 11) is 0. The van der Waals surface area contributed by atoms with Gasteiger partial charge in [-0.25, -0.2) is 4.39 Å². The van der Waals surface area contributed by atoms with Crippen molar-refractivity contribution in [3.8, 4) is 0 Å². The molecule has 0 aliphatic rings. The Kier molecular flexibility index (Phi) is 3.16. The Bertz CT molecular complexity index is 481. The third-order valence-electron chi connectivity index (χ3n) is 2.56. The number of hydrogen-bond acceptors (Lipinski definition) is 0. The summed E-state index contributed by atoms with van der Waals surface area (Å²) in [6.07, 6.45) is 0.667. The van der Waals surface area contributed by atoms with Crippen LogP contribution in [0, 0.1) is 6.92 Å². The van der Waals surface area contributed by atoms with Gasteiger partial charge in [0.1, 0.15) is 0 Å². The first-order valence-corrected chi connectivity index (χ1v) is 5.24. The molecule has 2 aromatic carbocycles. The van der Waals surface area contributed by atoms with Gasteiger partial charge in [0.2, 0.25) is 0 Å². The summed E-state index contributed by atoms with van der Waals surface area (Å²) in [6, 6.07) is 17.4. The van der Waals surface area contributed by atoms with Crippen LogP contribution in [0.15, 0.2) is 60.9 Å². The van der Waals surface area contributed by atoms with Crippen LogP contribution in [-0.4, -0.2) is 0 Å². The highest BCUT2D eigenvalue weighted by molar-refractivity contribution is 5.79. The van der Waals surface area contributed by atoms with Crippen molar-refractivity contribution in [2.45, 2.75) is 6.92 Å². The van der Waals surface area contributed by atoms with Crippen molar-refractivity contribution in [3.63, 3.8) is 0 Å². The van der Waals surface area contributed by atoms with Gasteiger partial charge in [0.25, 0.3) is 0 Å². The fourth-order valence-corrected chi connectivity index (χ4v) is 1.64. The molecule has 2 aromatic rings. The maximum absolute atomic E-state index is 13.0. The van der Waals surface area contributed by atoms with Crippen LogP contribution in [-0.2, 0) is 0 Å². The van der Waals surface area contributed by atoms with E-state index >= 15 is 0 Å². The Labute approximate surface area is 95.1 Å². The van der Waals surface area contributed by atoms with E-state index < -0.39 is 0 Å². The SMILES string of the molecule is Cc1ccc(C(=CF)c2ccccc2)cc1. The van der Waals surface area contributed by atoms with Gasteiger partial charge in [-0.15, -0.1) is 0 Å². The summed E-state index contributed by atoms with van der Waals surface area (Å²) in [5.74, 6) is 0. The first-order valence-electron chi connectivity index (χ1n) is 5.24. The largest absolute Gasteiger partial charge is 0.215 e. The molecule has 0 unspecified atom stereocenters. The molecule has 0 N–H and O–H groups in total. The predicted molar refractivity (Wildman–Crippen MR) is 65.8 cm³/mol. The number of hydrogen-bond donors (Lipinski definition) is 0. The van der Waals surface area contributed by atoms with Gasteiger partial charge in [0.15, 0.2) is 0 Å². The first-order chi connectivity index (χ1) is 7.81. The van der Waals surface area contributed by atoms with Crippen molar-refractivity contribution >= 4 is 5.57 Å². The van der Waals surface area contributed by atoms with Crippen LogP contribution in [0.25, 0.3) is 5.57 Å². The third-order valence-corrected chi connectivity index (χ3v) is 2.56. The van der Waals surface area contributed by atoms with Crippen LogP contribution < -0.4 is 0 Å². The topological polar surface area (TPSA) is 0 Å². The highest BCUT2D eigenvalue weighted by Gasteiger charge is 2.03. The highest BCUT2D eigenvalue weighted by atomic mass is 19.1. The van der Waals surface area contributed by atoms with E-state index in [4.69, 9.17) is 0 Å². The van der Waals surface area contributed by atoms with Gasteiger partial charge in [-0.3, -0.25) is 0 Å². The molecule has 0 aliphatic heterocycles. The highest BCUT2D eigenvalue weighted by Crippen LogP contribution is 2.23. The zero-order valence-electron chi connectivity index (χ0n) is 9.15. The first kappa shape index (κ1) is 10.6. The van der Waals surface area contributed by atoms with Gasteiger partial charge in [-0.05, 0) is 18.1 Å². The summed E-state index contributed by atoms with van der Waals surface area (Å²) in [5.41, 5.74) is 3.60. The lowest BCUT2D eigenvalue weighted by atomic mass is 9.99. The predicted octanol–water partition coefficient (Wildman–Crippen LogP) is 4.35. The minimum atomic E-state index is 0.626. The molecule has 0 aliphatic carbocycles. The van der Waals surface area contributed by atoms with Crippen molar-refractivity contribution in [2.24, 2.45) is 0 Å². The summed E-state index contributed by atoms with van der Waals surface area (Å²) in [4.78, 5) is 0. The van der Waals surface area contributed by atoms with E-state index in [-0.39, 0.29) is 0 Å². The molecular formula is C15H13F. The van der Waals surface area contributed by atoms with E-state index in [0.717, 1.165) is 11.1 Å². The normalized spacial score (nSPS) is 11.5. The third kappa shape index (κ3) is 2.19. The molecule has 0 aromatic heterocycles. The Morgan fingerprint density at radius 3 is 2.00 bits per heavy atom. The van der Waals surface area contributed by atoms with E-state index in [9.17, 15) is 4.39 Å². The van der Waals surface area contributed by atoms with E-state index in [1.54, 1.807) is 0 Å². The van der Waals surface area contributed by atoms with Gasteiger partial charge >= 0.3 is 0 Å². The molecule has 0 saturated heterocycles. The van der Waals surface area contributed by atoms with Gasteiger partial charge in [0.05, 0.1) is 6.33 Å². The monoisotopic (exact) mass is 212 g/mol. The Hall–Kier alpha value is -1.89. The lowest BCUT2D eigenvalue weighted by Crippen LogP contribution is -1.86. The van der Waals surface area contributed by atoms with Crippen LogP contribution in [0.5, 0.6) is 0 Å². The van der Waals surface area contributed by atoms with Crippen molar-refractivity contribution in [2.75, 3.05) is 0 Å². The van der Waals surface area contributed by atoms with Crippen LogP contribution in [0.3, 0.4) is 0 Å². The van der Waals surface area contributed by atoms with Crippen LogP contribution in [0.4, 0.5) is 4.39 Å². The standard InChI is InChI=1S/C15H13F/c1-12-7-9-14(10-8-12)15(11-16)13-5-3-2-4-6-13/h2-11H,1H3. The minimum Gasteiger partial charge on any atom is -0.215 e. The molecule has 0 radical (unpaired) electrons. The zero-order valence-corrected chi connectivity index (χ0v) is 9.15. The summed E-state index contributed by atoms with van der Waals surface area (Å²) in [6.45, 7) is 2.02. The number of benzene rings is 2. The number of rotatable bonds is 2. The second-order valence-corrected chi connectivity index (χ2v) is 3.75. The molecule has 0 atom stereocenters. The van der Waals surface area contributed by atoms with Gasteiger partial charge < -0.3 is 0 Å². The van der Waals surface area contributed by atoms with Crippen molar-refractivity contribution in [1.29, 1.82) is 0 Å². The molecule has 0 fully saturated rings. The molecular weight excluding hydrogens is 199 g/mol. The summed E-state index contributed by atoms with van der Waals surface area (Å²) < 4.78 is 13.0. The van der Waals surface area contributed by atoms with Gasteiger partial charge in [-0.2, -0.15) is 0 Å². The maximum Gasteiger partial charge on any atom is 0.0951 e. The quantitative estimate of drug-likeness (QED) is 0.694. The molecule has 0 heterocycles. The minimum absolute atomic E-state index is 0.626. The van der Waals surface area contributed by atoms with Crippen molar-refractivity contribution < 1.29 is 4.39 Å². The van der Waals surface area contributed by atoms with Crippen molar-refractivity contribution in [3.05, 3.63) is 77.6 Å². The van der Waals surface area contributed by atoms with Crippen LogP contribution >= 0.6 is 0 Å². The lowest BCUT2D eigenvalue weighted by Gasteiger charge is -2.06. The fraction of sp³-hybridized carbons (Fsp3) is 0.0667. The Morgan fingerprint density at radius 2 is 1.44 bits per heavy atom. The second-order valence-electron chi connectivity index (χ2n) is 3.75. The molecule has 0 spiro atoms. The Balaban J connectivity index is 2.42. The maximum atomic E-state index is 13.0. The van der Waals surface area contributed by atoms with Gasteiger partial charge in [0, 0.05) is 5.57 Å². The molecule has 16 heavy (non-hydrogen) atoms. The molecule has 1 heteroatoms. The number of halogens is 1. The average Bonchev–Trinajstić information content (AvgIpc) is 2.34. The molecule has 80 valence electrons. The smallest absolute Gasteiger partial charge is 0.0951 e. The number of aryl methyl sites for hydroxylation is 1. The lowest BCUT2D eigenvalue weighted by molar-refractivity contribution is 0.724. The zero-order chi connectivity index (χ0) is 11.4. The molecule has 0 saturated carbocycles. The van der Waals surface area contributed by atoms with E-state index in [0.29, 0.717) is 11.9 Å². The van der Waals surface area contributed by atoms with E-state index in [2.05, 4.69) is 0 Å².